The molecule has 1 N–H and O–H groups in total. The van der Waals surface area contributed by atoms with Crippen molar-refractivity contribution in [2.75, 3.05) is 12.4 Å². The van der Waals surface area contributed by atoms with Crippen molar-refractivity contribution in [3.8, 4) is 11.3 Å². The molecule has 11 heteroatoms. The van der Waals surface area contributed by atoms with E-state index in [1.54, 1.807) is 34.8 Å². The summed E-state index contributed by atoms with van der Waals surface area (Å²) in [6.07, 6.45) is 0. The molecule has 0 atom stereocenters. The Morgan fingerprint density at radius 2 is 1.90 bits per heavy atom. The number of hydrogen-bond donors (Lipinski definition) is 1. The quantitative estimate of drug-likeness (QED) is 0.296. The number of methoxy groups -OCH3 is 1. The van der Waals surface area contributed by atoms with Crippen LogP contribution in [0.15, 0.2) is 53.9 Å². The summed E-state index contributed by atoms with van der Waals surface area (Å²) in [4.78, 5) is 39.3. The summed E-state index contributed by atoms with van der Waals surface area (Å²) in [6, 6.07) is 12.2. The number of benzene rings is 2. The number of nitrogens with zero attached hydrogens (tertiary/aromatic N) is 4. The molecule has 30 heavy (non-hydrogen) atoms. The number of hydrogen-bond acceptors (Lipinski definition) is 8. The molecule has 1 amide bonds. The number of nitrogens with one attached hydrogen (secondary N) is 1. The Morgan fingerprint density at radius 1 is 1.17 bits per heavy atom. The Morgan fingerprint density at radius 3 is 2.60 bits per heavy atom. The molecular formula is C19H13N5O5S. The first-order valence-electron chi connectivity index (χ1n) is 8.55. The minimum absolute atomic E-state index is 0.00838. The zero-order valence-corrected chi connectivity index (χ0v) is 16.3. The predicted octanol–water partition coefficient (Wildman–Crippen LogP) is 3.40. The molecule has 0 radical (unpaired) electrons. The molecule has 0 aliphatic carbocycles. The van der Waals surface area contributed by atoms with Gasteiger partial charge in [-0.05, 0) is 30.3 Å². The number of thiazole rings is 1. The zero-order chi connectivity index (χ0) is 21.3. The SMILES string of the molecule is COC(=O)c1cccc(C(=O)Nc2nc3scc(-c4ccc([N+](=O)[O-])cc4)n3n2)c1. The summed E-state index contributed by atoms with van der Waals surface area (Å²) >= 11 is 1.32. The fourth-order valence-electron chi connectivity index (χ4n) is 2.77. The highest BCUT2D eigenvalue weighted by atomic mass is 32.1. The van der Waals surface area contributed by atoms with Crippen molar-refractivity contribution in [3.05, 3.63) is 75.2 Å². The number of ether oxygens (including phenoxy) is 1. The first kappa shape index (κ1) is 19.2. The van der Waals surface area contributed by atoms with Gasteiger partial charge in [0.2, 0.25) is 4.96 Å². The molecule has 0 bridgehead atoms. The highest BCUT2D eigenvalue weighted by Crippen LogP contribution is 2.27. The van der Waals surface area contributed by atoms with Gasteiger partial charge in [0.15, 0.2) is 0 Å². The normalized spacial score (nSPS) is 10.7. The van der Waals surface area contributed by atoms with E-state index in [9.17, 15) is 19.7 Å². The van der Waals surface area contributed by atoms with E-state index in [0.717, 1.165) is 5.56 Å². The van der Waals surface area contributed by atoms with E-state index in [4.69, 9.17) is 0 Å². The van der Waals surface area contributed by atoms with Gasteiger partial charge in [-0.15, -0.1) is 16.4 Å². The summed E-state index contributed by atoms with van der Waals surface area (Å²) in [5.74, 6) is -0.924. The average Bonchev–Trinajstić information content (AvgIpc) is 3.33. The Bertz CT molecular complexity index is 1280. The molecule has 0 saturated heterocycles. The number of nitro groups is 1. The Kier molecular flexibility index (Phi) is 4.94. The van der Waals surface area contributed by atoms with Crippen LogP contribution in [-0.4, -0.2) is 38.5 Å². The number of rotatable bonds is 5. The minimum Gasteiger partial charge on any atom is -0.465 e. The van der Waals surface area contributed by atoms with Crippen molar-refractivity contribution in [1.82, 2.24) is 14.6 Å². The molecule has 4 rings (SSSR count). The molecular weight excluding hydrogens is 410 g/mol. The highest BCUT2D eigenvalue weighted by molar-refractivity contribution is 7.15. The molecule has 0 unspecified atom stereocenters. The summed E-state index contributed by atoms with van der Waals surface area (Å²) in [6.45, 7) is 0. The van der Waals surface area contributed by atoms with Gasteiger partial charge in [0.1, 0.15) is 0 Å². The standard InChI is InChI=1S/C19H13N5O5S/c1-29-17(26)13-4-2-3-12(9-13)16(25)20-18-21-19-23(22-18)15(10-30-19)11-5-7-14(8-6-11)24(27)28/h2-10H,1H3,(H,20,22,25). The molecule has 150 valence electrons. The number of fused-ring (bicyclic) bond motifs is 1. The third kappa shape index (κ3) is 3.61. The van der Waals surface area contributed by atoms with Crippen molar-refractivity contribution in [2.24, 2.45) is 0 Å². The van der Waals surface area contributed by atoms with Gasteiger partial charge in [-0.25, -0.2) is 9.31 Å². The van der Waals surface area contributed by atoms with Crippen LogP contribution >= 0.6 is 11.3 Å². The van der Waals surface area contributed by atoms with Crippen LogP contribution in [0.25, 0.3) is 16.2 Å². The smallest absolute Gasteiger partial charge is 0.337 e. The van der Waals surface area contributed by atoms with Gasteiger partial charge < -0.3 is 4.74 Å². The van der Waals surface area contributed by atoms with Crippen LogP contribution in [0.5, 0.6) is 0 Å². The molecule has 4 aromatic rings. The number of aromatic nitrogens is 3. The summed E-state index contributed by atoms with van der Waals surface area (Å²) in [7, 11) is 1.26. The molecule has 0 aliphatic heterocycles. The fourth-order valence-corrected chi connectivity index (χ4v) is 3.60. The maximum absolute atomic E-state index is 12.5. The first-order chi connectivity index (χ1) is 14.5. The maximum atomic E-state index is 12.5. The summed E-state index contributed by atoms with van der Waals surface area (Å²) in [5.41, 5.74) is 1.91. The van der Waals surface area contributed by atoms with Crippen LogP contribution in [0.4, 0.5) is 11.6 Å². The largest absolute Gasteiger partial charge is 0.465 e. The van der Waals surface area contributed by atoms with Crippen molar-refractivity contribution < 1.29 is 19.2 Å². The minimum atomic E-state index is -0.544. The van der Waals surface area contributed by atoms with Crippen molar-refractivity contribution >= 4 is 39.8 Å². The number of nitro benzene ring substituents is 1. The van der Waals surface area contributed by atoms with E-state index in [0.29, 0.717) is 10.7 Å². The van der Waals surface area contributed by atoms with Crippen LogP contribution in [0, 0.1) is 10.1 Å². The second-order valence-corrected chi connectivity index (χ2v) is 6.92. The number of anilines is 1. The van der Waals surface area contributed by atoms with Gasteiger partial charge in [-0.1, -0.05) is 6.07 Å². The lowest BCUT2D eigenvalue weighted by Crippen LogP contribution is -2.14. The van der Waals surface area contributed by atoms with Crippen molar-refractivity contribution in [1.29, 1.82) is 0 Å². The second kappa shape index (κ2) is 7.72. The third-order valence-corrected chi connectivity index (χ3v) is 5.04. The zero-order valence-electron chi connectivity index (χ0n) is 15.4. The van der Waals surface area contributed by atoms with E-state index in [1.165, 1.54) is 36.6 Å². The van der Waals surface area contributed by atoms with Crippen LogP contribution < -0.4 is 5.32 Å². The number of esters is 1. The van der Waals surface area contributed by atoms with Crippen molar-refractivity contribution in [2.45, 2.75) is 0 Å². The topological polar surface area (TPSA) is 129 Å². The third-order valence-electron chi connectivity index (χ3n) is 4.23. The number of carbonyl (C=O) groups is 2. The molecule has 2 aromatic carbocycles. The Balaban J connectivity index is 1.58. The summed E-state index contributed by atoms with van der Waals surface area (Å²) in [5, 5.41) is 19.6. The van der Waals surface area contributed by atoms with Gasteiger partial charge in [0.05, 0.1) is 23.3 Å². The monoisotopic (exact) mass is 423 g/mol. The highest BCUT2D eigenvalue weighted by Gasteiger charge is 2.16. The first-order valence-corrected chi connectivity index (χ1v) is 9.43. The van der Waals surface area contributed by atoms with E-state index >= 15 is 0 Å². The Hall–Kier alpha value is -4.12. The van der Waals surface area contributed by atoms with Crippen LogP contribution in [0.2, 0.25) is 0 Å². The van der Waals surface area contributed by atoms with Crippen LogP contribution in [-0.2, 0) is 4.74 Å². The van der Waals surface area contributed by atoms with E-state index in [2.05, 4.69) is 20.1 Å². The van der Waals surface area contributed by atoms with Crippen molar-refractivity contribution in [3.63, 3.8) is 0 Å². The predicted molar refractivity (Wildman–Crippen MR) is 109 cm³/mol. The number of non-ortho nitro benzene ring substituents is 1. The maximum Gasteiger partial charge on any atom is 0.337 e. The molecule has 2 heterocycles. The lowest BCUT2D eigenvalue weighted by molar-refractivity contribution is -0.384. The summed E-state index contributed by atoms with van der Waals surface area (Å²) < 4.78 is 6.21. The second-order valence-electron chi connectivity index (χ2n) is 6.08. The molecule has 0 spiro atoms. The van der Waals surface area contributed by atoms with Crippen LogP contribution in [0.1, 0.15) is 20.7 Å². The van der Waals surface area contributed by atoms with E-state index < -0.39 is 16.8 Å². The van der Waals surface area contributed by atoms with Gasteiger partial charge in [0, 0.05) is 28.6 Å². The molecule has 0 fully saturated rings. The van der Waals surface area contributed by atoms with Gasteiger partial charge in [0.25, 0.3) is 17.5 Å². The van der Waals surface area contributed by atoms with Gasteiger partial charge in [-0.2, -0.15) is 4.98 Å². The fraction of sp³-hybridized carbons (Fsp3) is 0.0526. The van der Waals surface area contributed by atoms with Crippen LogP contribution in [0.3, 0.4) is 0 Å². The number of carbonyl (C=O) groups excluding carboxylic acids is 2. The lowest BCUT2D eigenvalue weighted by atomic mass is 10.1. The number of amides is 1. The van der Waals surface area contributed by atoms with E-state index in [-0.39, 0.29) is 22.8 Å². The molecule has 0 saturated carbocycles. The lowest BCUT2D eigenvalue weighted by Gasteiger charge is -2.03. The van der Waals surface area contributed by atoms with Gasteiger partial charge >= 0.3 is 5.97 Å². The average molecular weight is 423 g/mol. The van der Waals surface area contributed by atoms with Gasteiger partial charge in [-0.3, -0.25) is 20.2 Å². The molecule has 2 aromatic heterocycles. The molecule has 0 aliphatic rings. The molecule has 10 nitrogen and oxygen atoms in total. The van der Waals surface area contributed by atoms with E-state index in [1.807, 2.05) is 5.38 Å². The Labute approximate surface area is 172 Å².